The van der Waals surface area contributed by atoms with Crippen molar-refractivity contribution < 1.29 is 14.3 Å². The molecule has 0 heterocycles. The van der Waals surface area contributed by atoms with Crippen LogP contribution in [-0.2, 0) is 9.47 Å². The van der Waals surface area contributed by atoms with Gasteiger partial charge in [0.15, 0.2) is 6.10 Å². The van der Waals surface area contributed by atoms with Crippen LogP contribution in [0.3, 0.4) is 0 Å². The van der Waals surface area contributed by atoms with Gasteiger partial charge in [0.2, 0.25) is 0 Å². The highest BCUT2D eigenvalue weighted by Gasteiger charge is 2.25. The van der Waals surface area contributed by atoms with E-state index in [2.05, 4.69) is 5.92 Å². The van der Waals surface area contributed by atoms with E-state index in [1.807, 2.05) is 0 Å². The zero-order valence-electron chi connectivity index (χ0n) is 9.20. The molecule has 1 aliphatic carbocycles. The van der Waals surface area contributed by atoms with Crippen molar-refractivity contribution in [2.75, 3.05) is 6.61 Å². The minimum Gasteiger partial charge on any atom is -0.435 e. The molecule has 3 heteroatoms. The lowest BCUT2D eigenvalue weighted by molar-refractivity contribution is 0.0196. The highest BCUT2D eigenvalue weighted by molar-refractivity contribution is 5.60. The third-order valence-corrected chi connectivity index (χ3v) is 2.73. The van der Waals surface area contributed by atoms with Crippen molar-refractivity contribution in [1.29, 1.82) is 0 Å². The van der Waals surface area contributed by atoms with Gasteiger partial charge in [-0.15, -0.1) is 6.42 Å². The standard InChI is InChI=1S/C12H18O3/c1-3-11(15-12(13)14-4-2)10-8-6-5-7-9-10/h1,10-11H,4-9H2,2H3. The van der Waals surface area contributed by atoms with E-state index < -0.39 is 12.3 Å². The lowest BCUT2D eigenvalue weighted by Gasteiger charge is -2.26. The molecule has 0 radical (unpaired) electrons. The fourth-order valence-electron chi connectivity index (χ4n) is 1.96. The molecule has 15 heavy (non-hydrogen) atoms. The molecule has 1 saturated carbocycles. The van der Waals surface area contributed by atoms with E-state index in [9.17, 15) is 4.79 Å². The van der Waals surface area contributed by atoms with Gasteiger partial charge in [-0.2, -0.15) is 0 Å². The molecule has 0 aromatic carbocycles. The van der Waals surface area contributed by atoms with E-state index >= 15 is 0 Å². The summed E-state index contributed by atoms with van der Waals surface area (Å²) in [5.74, 6) is 2.85. The van der Waals surface area contributed by atoms with Gasteiger partial charge in [-0.3, -0.25) is 0 Å². The van der Waals surface area contributed by atoms with E-state index in [4.69, 9.17) is 15.9 Å². The topological polar surface area (TPSA) is 35.5 Å². The SMILES string of the molecule is C#CC(OC(=O)OCC)C1CCCCC1. The summed E-state index contributed by atoms with van der Waals surface area (Å²) in [7, 11) is 0. The predicted octanol–water partition coefficient (Wildman–Crippen LogP) is 2.74. The number of carbonyl (C=O) groups is 1. The van der Waals surface area contributed by atoms with Crippen LogP contribution < -0.4 is 0 Å². The molecule has 0 aliphatic heterocycles. The van der Waals surface area contributed by atoms with Crippen LogP contribution in [0.25, 0.3) is 0 Å². The van der Waals surface area contributed by atoms with Gasteiger partial charge in [0, 0.05) is 5.92 Å². The van der Waals surface area contributed by atoms with Crippen LogP contribution in [0.5, 0.6) is 0 Å². The Morgan fingerprint density at radius 3 is 2.67 bits per heavy atom. The summed E-state index contributed by atoms with van der Waals surface area (Å²) in [6.07, 6.45) is 10.0. The van der Waals surface area contributed by atoms with Gasteiger partial charge in [0.25, 0.3) is 0 Å². The van der Waals surface area contributed by atoms with E-state index in [0.29, 0.717) is 12.5 Å². The van der Waals surface area contributed by atoms with Crippen LogP contribution in [0, 0.1) is 18.3 Å². The van der Waals surface area contributed by atoms with Crippen LogP contribution in [0.4, 0.5) is 4.79 Å². The van der Waals surface area contributed by atoms with Gasteiger partial charge in [0.05, 0.1) is 6.61 Å². The highest BCUT2D eigenvalue weighted by atomic mass is 16.7. The van der Waals surface area contributed by atoms with Crippen molar-refractivity contribution in [3.05, 3.63) is 0 Å². The maximum Gasteiger partial charge on any atom is 0.509 e. The Labute approximate surface area is 91.1 Å². The Hall–Kier alpha value is -1.17. The fourth-order valence-corrected chi connectivity index (χ4v) is 1.96. The first-order valence-electron chi connectivity index (χ1n) is 5.57. The van der Waals surface area contributed by atoms with Gasteiger partial charge in [-0.25, -0.2) is 4.79 Å². The van der Waals surface area contributed by atoms with Crippen LogP contribution in [0.15, 0.2) is 0 Å². The normalized spacial score (nSPS) is 18.9. The molecular weight excluding hydrogens is 192 g/mol. The van der Waals surface area contributed by atoms with Crippen LogP contribution >= 0.6 is 0 Å². The molecule has 1 fully saturated rings. The molecule has 3 nitrogen and oxygen atoms in total. The summed E-state index contributed by atoms with van der Waals surface area (Å²) in [5.41, 5.74) is 0. The minimum atomic E-state index is -0.647. The number of carbonyl (C=O) groups excluding carboxylic acids is 1. The van der Waals surface area contributed by atoms with Crippen molar-refractivity contribution in [3.8, 4) is 12.3 Å². The van der Waals surface area contributed by atoms with Gasteiger partial charge >= 0.3 is 6.16 Å². The first-order chi connectivity index (χ1) is 7.27. The second-order valence-corrected chi connectivity index (χ2v) is 3.79. The smallest absolute Gasteiger partial charge is 0.435 e. The van der Waals surface area contributed by atoms with Gasteiger partial charge in [-0.05, 0) is 19.8 Å². The number of hydrogen-bond donors (Lipinski definition) is 0. The second kappa shape index (κ2) is 6.34. The average molecular weight is 210 g/mol. The summed E-state index contributed by atoms with van der Waals surface area (Å²) in [4.78, 5) is 11.1. The number of rotatable bonds is 3. The summed E-state index contributed by atoms with van der Waals surface area (Å²) in [5, 5.41) is 0. The van der Waals surface area contributed by atoms with Crippen molar-refractivity contribution in [2.24, 2.45) is 5.92 Å². The first-order valence-corrected chi connectivity index (χ1v) is 5.57. The molecule has 0 bridgehead atoms. The average Bonchev–Trinajstić information content (AvgIpc) is 2.27. The van der Waals surface area contributed by atoms with Crippen LogP contribution in [0.2, 0.25) is 0 Å². The molecule has 84 valence electrons. The summed E-state index contributed by atoms with van der Waals surface area (Å²) in [6.45, 7) is 2.06. The largest absolute Gasteiger partial charge is 0.509 e. The molecule has 1 unspecified atom stereocenters. The molecule has 0 saturated heterocycles. The third-order valence-electron chi connectivity index (χ3n) is 2.73. The summed E-state index contributed by atoms with van der Waals surface area (Å²) < 4.78 is 9.79. The van der Waals surface area contributed by atoms with Gasteiger partial charge in [0.1, 0.15) is 0 Å². The predicted molar refractivity (Wildman–Crippen MR) is 57.3 cm³/mol. The fraction of sp³-hybridized carbons (Fsp3) is 0.750. The monoisotopic (exact) mass is 210 g/mol. The van der Waals surface area contributed by atoms with Crippen molar-refractivity contribution in [1.82, 2.24) is 0 Å². The summed E-state index contributed by atoms with van der Waals surface area (Å²) in [6, 6.07) is 0. The molecule has 1 atom stereocenters. The zero-order valence-corrected chi connectivity index (χ0v) is 9.20. The quantitative estimate of drug-likeness (QED) is 0.530. The molecule has 0 spiro atoms. The summed E-state index contributed by atoms with van der Waals surface area (Å²) >= 11 is 0. The number of hydrogen-bond acceptors (Lipinski definition) is 3. The number of terminal acetylenes is 1. The molecule has 1 aliphatic rings. The maximum absolute atomic E-state index is 11.1. The van der Waals surface area contributed by atoms with Gasteiger partial charge in [-0.1, -0.05) is 25.2 Å². The molecule has 0 aromatic rings. The first kappa shape index (κ1) is 11.9. The minimum absolute atomic E-state index is 0.313. The maximum atomic E-state index is 11.1. The van der Waals surface area contributed by atoms with Crippen molar-refractivity contribution >= 4 is 6.16 Å². The van der Waals surface area contributed by atoms with E-state index in [1.54, 1.807) is 6.92 Å². The molecule has 1 rings (SSSR count). The Bertz CT molecular complexity index is 236. The Balaban J connectivity index is 2.41. The highest BCUT2D eigenvalue weighted by Crippen LogP contribution is 2.27. The zero-order chi connectivity index (χ0) is 11.1. The Kier molecular flexibility index (Phi) is 5.03. The molecule has 0 N–H and O–H groups in total. The second-order valence-electron chi connectivity index (χ2n) is 3.79. The lowest BCUT2D eigenvalue weighted by Crippen LogP contribution is -2.27. The van der Waals surface area contributed by atoms with Crippen LogP contribution in [-0.4, -0.2) is 18.9 Å². The van der Waals surface area contributed by atoms with Crippen molar-refractivity contribution in [3.63, 3.8) is 0 Å². The molecule has 0 aromatic heterocycles. The van der Waals surface area contributed by atoms with Gasteiger partial charge < -0.3 is 9.47 Å². The Morgan fingerprint density at radius 2 is 2.13 bits per heavy atom. The van der Waals surface area contributed by atoms with E-state index in [-0.39, 0.29) is 0 Å². The third kappa shape index (κ3) is 3.83. The Morgan fingerprint density at radius 1 is 1.47 bits per heavy atom. The van der Waals surface area contributed by atoms with Crippen molar-refractivity contribution in [2.45, 2.75) is 45.1 Å². The lowest BCUT2D eigenvalue weighted by atomic mass is 9.85. The molecular formula is C12H18O3. The van der Waals surface area contributed by atoms with E-state index in [0.717, 1.165) is 12.8 Å². The van der Waals surface area contributed by atoms with E-state index in [1.165, 1.54) is 19.3 Å². The number of ether oxygens (including phenoxy) is 2. The molecule has 0 amide bonds. The van der Waals surface area contributed by atoms with Crippen LogP contribution in [0.1, 0.15) is 39.0 Å².